The summed E-state index contributed by atoms with van der Waals surface area (Å²) in [5.41, 5.74) is -2.28. The molecule has 2 unspecified atom stereocenters. The van der Waals surface area contributed by atoms with Crippen molar-refractivity contribution in [3.05, 3.63) is 27.4 Å². The summed E-state index contributed by atoms with van der Waals surface area (Å²) in [4.78, 5) is 26.1. The molecule has 13 heteroatoms. The van der Waals surface area contributed by atoms with Crippen LogP contribution in [0.25, 0.3) is 0 Å². The van der Waals surface area contributed by atoms with Crippen molar-refractivity contribution in [2.24, 2.45) is 5.41 Å². The molecule has 0 aromatic carbocycles. The minimum Gasteiger partial charge on any atom is -0.464 e. The smallest absolute Gasteiger partial charge is 0.406 e. The predicted molar refractivity (Wildman–Crippen MR) is 112 cm³/mol. The van der Waals surface area contributed by atoms with Gasteiger partial charge in [0, 0.05) is 12.3 Å². The van der Waals surface area contributed by atoms with Gasteiger partial charge in [-0.2, -0.15) is 0 Å². The molecule has 0 radical (unpaired) electrons. The Morgan fingerprint density at radius 2 is 2.23 bits per heavy atom. The molecule has 0 bridgehead atoms. The normalized spacial score (nSPS) is 34.2. The van der Waals surface area contributed by atoms with Crippen molar-refractivity contribution in [1.29, 1.82) is 0 Å². The molecule has 3 heterocycles. The fourth-order valence-electron chi connectivity index (χ4n) is 3.27. The van der Waals surface area contributed by atoms with E-state index >= 15 is 0 Å². The molecule has 0 spiro atoms. The van der Waals surface area contributed by atoms with Gasteiger partial charge in [0.1, 0.15) is 23.9 Å². The molecule has 2 aliphatic rings. The number of aromatic amines is 1. The third-order valence-electron chi connectivity index (χ3n) is 4.84. The number of nitrogens with one attached hydrogen (secondary N) is 2. The van der Waals surface area contributed by atoms with E-state index in [1.54, 1.807) is 0 Å². The molecule has 174 valence electrons. The SMILES string of the molecule is C[C@H](NP1(=O)OC[C@H]2O[C@@H](n3ccc(=O)[nH]c3=S)[C@](C)(O)C2O1)C(=O)OCC(C)(C)C. The van der Waals surface area contributed by atoms with Crippen LogP contribution in [-0.2, 0) is 27.9 Å². The number of rotatable bonds is 5. The largest absolute Gasteiger partial charge is 0.464 e. The Labute approximate surface area is 184 Å². The number of carbonyl (C=O) groups is 1. The summed E-state index contributed by atoms with van der Waals surface area (Å²) in [6.45, 7) is 8.73. The Morgan fingerprint density at radius 1 is 1.55 bits per heavy atom. The van der Waals surface area contributed by atoms with E-state index in [1.165, 1.54) is 30.7 Å². The van der Waals surface area contributed by atoms with Crippen LogP contribution in [0.5, 0.6) is 0 Å². The standard InChI is InChI=1S/C18H28N3O8PS/c1-10(14(23)26-9-17(2,3)4)20-30(25)27-8-11-13(29-30)18(5,24)15(28-11)21-7-6-12(22)19-16(21)31/h6-7,10-11,13,15,24H,8-9H2,1-5H3,(H,20,25)(H,19,22,31)/t10-,11+,13?,15+,18+,30?/m0/s1. The van der Waals surface area contributed by atoms with Gasteiger partial charge in [-0.3, -0.25) is 28.2 Å². The second kappa shape index (κ2) is 8.51. The van der Waals surface area contributed by atoms with Crippen molar-refractivity contribution in [2.45, 2.75) is 64.7 Å². The van der Waals surface area contributed by atoms with Crippen LogP contribution >= 0.6 is 20.0 Å². The highest BCUT2D eigenvalue weighted by atomic mass is 32.1. The van der Waals surface area contributed by atoms with Gasteiger partial charge in [0.15, 0.2) is 11.0 Å². The lowest BCUT2D eigenvalue weighted by Gasteiger charge is -2.36. The molecule has 2 aliphatic heterocycles. The van der Waals surface area contributed by atoms with E-state index in [0.29, 0.717) is 0 Å². The number of H-pyrrole nitrogens is 1. The molecular weight excluding hydrogens is 449 g/mol. The van der Waals surface area contributed by atoms with E-state index in [4.69, 9.17) is 30.7 Å². The number of aliphatic hydroxyl groups is 1. The van der Waals surface area contributed by atoms with Crippen LogP contribution in [-0.4, -0.2) is 57.7 Å². The van der Waals surface area contributed by atoms with Gasteiger partial charge in [0.2, 0.25) is 0 Å². The summed E-state index contributed by atoms with van der Waals surface area (Å²) >= 11 is 5.15. The maximum absolute atomic E-state index is 13.1. The quantitative estimate of drug-likeness (QED) is 0.326. The molecule has 3 rings (SSSR count). The summed E-state index contributed by atoms with van der Waals surface area (Å²) in [7, 11) is -3.96. The first-order valence-electron chi connectivity index (χ1n) is 9.79. The molecule has 6 atom stereocenters. The highest BCUT2D eigenvalue weighted by molar-refractivity contribution is 7.71. The Balaban J connectivity index is 1.73. The van der Waals surface area contributed by atoms with Gasteiger partial charge in [-0.05, 0) is 31.5 Å². The molecule has 0 amide bonds. The molecule has 1 aromatic heterocycles. The lowest BCUT2D eigenvalue weighted by molar-refractivity contribution is -0.148. The van der Waals surface area contributed by atoms with E-state index in [1.807, 2.05) is 20.8 Å². The second-order valence-corrected chi connectivity index (χ2v) is 11.2. The van der Waals surface area contributed by atoms with E-state index in [2.05, 4.69) is 10.1 Å². The number of fused-ring (bicyclic) bond motifs is 1. The summed E-state index contributed by atoms with van der Waals surface area (Å²) < 4.78 is 36.6. The number of hydrogen-bond acceptors (Lipinski definition) is 9. The lowest BCUT2D eigenvalue weighted by Crippen LogP contribution is -2.49. The molecular formula is C18H28N3O8PS. The van der Waals surface area contributed by atoms with E-state index < -0.39 is 49.4 Å². The third-order valence-corrected chi connectivity index (χ3v) is 6.85. The minimum absolute atomic E-state index is 0.0499. The van der Waals surface area contributed by atoms with Gasteiger partial charge in [0.05, 0.1) is 13.2 Å². The van der Waals surface area contributed by atoms with Gasteiger partial charge in [-0.25, -0.2) is 9.65 Å². The fourth-order valence-corrected chi connectivity index (χ4v) is 5.30. The van der Waals surface area contributed by atoms with Crippen molar-refractivity contribution >= 4 is 25.9 Å². The first kappa shape index (κ1) is 24.2. The van der Waals surface area contributed by atoms with Crippen LogP contribution in [0.4, 0.5) is 0 Å². The number of carbonyl (C=O) groups excluding carboxylic acids is 1. The first-order chi connectivity index (χ1) is 14.2. The van der Waals surface area contributed by atoms with Gasteiger partial charge < -0.3 is 14.6 Å². The topological polar surface area (TPSA) is 141 Å². The molecule has 1 aromatic rings. The molecule has 0 aliphatic carbocycles. The van der Waals surface area contributed by atoms with Crippen LogP contribution in [0.3, 0.4) is 0 Å². The van der Waals surface area contributed by atoms with Gasteiger partial charge in [-0.1, -0.05) is 20.8 Å². The van der Waals surface area contributed by atoms with Crippen LogP contribution in [0.1, 0.15) is 40.8 Å². The molecule has 31 heavy (non-hydrogen) atoms. The second-order valence-electron chi connectivity index (χ2n) is 9.11. The zero-order valence-electron chi connectivity index (χ0n) is 18.0. The number of aromatic nitrogens is 2. The fraction of sp³-hybridized carbons (Fsp3) is 0.722. The molecule has 11 nitrogen and oxygen atoms in total. The van der Waals surface area contributed by atoms with Crippen molar-refractivity contribution in [1.82, 2.24) is 14.6 Å². The molecule has 2 saturated heterocycles. The maximum atomic E-state index is 13.1. The number of ether oxygens (including phenoxy) is 2. The predicted octanol–water partition coefficient (Wildman–Crippen LogP) is 1.65. The van der Waals surface area contributed by atoms with E-state index in [0.717, 1.165) is 0 Å². The third kappa shape index (κ3) is 5.33. The Bertz CT molecular complexity index is 1000. The minimum atomic E-state index is -3.96. The average Bonchev–Trinajstić information content (AvgIpc) is 2.89. The zero-order valence-corrected chi connectivity index (χ0v) is 19.7. The molecule has 2 fully saturated rings. The lowest BCUT2D eigenvalue weighted by atomic mass is 9.96. The van der Waals surface area contributed by atoms with Crippen LogP contribution in [0.15, 0.2) is 17.1 Å². The summed E-state index contributed by atoms with van der Waals surface area (Å²) in [5, 5.41) is 13.7. The highest BCUT2D eigenvalue weighted by Crippen LogP contribution is 2.55. The van der Waals surface area contributed by atoms with E-state index in [-0.39, 0.29) is 23.4 Å². The molecule has 3 N–H and O–H groups in total. The Kier molecular flexibility index (Phi) is 6.66. The van der Waals surface area contributed by atoms with Gasteiger partial charge in [-0.15, -0.1) is 0 Å². The summed E-state index contributed by atoms with van der Waals surface area (Å²) in [5.74, 6) is -0.605. The number of esters is 1. The monoisotopic (exact) mass is 477 g/mol. The summed E-state index contributed by atoms with van der Waals surface area (Å²) in [6.07, 6.45) is -1.42. The summed E-state index contributed by atoms with van der Waals surface area (Å²) in [6, 6.07) is 0.270. The number of hydrogen-bond donors (Lipinski definition) is 3. The highest BCUT2D eigenvalue weighted by Gasteiger charge is 2.59. The number of nitrogens with zero attached hydrogens (tertiary/aromatic N) is 1. The van der Waals surface area contributed by atoms with Crippen molar-refractivity contribution in [3.63, 3.8) is 0 Å². The zero-order chi connectivity index (χ0) is 23.2. The van der Waals surface area contributed by atoms with Crippen molar-refractivity contribution < 1.29 is 33.0 Å². The van der Waals surface area contributed by atoms with Gasteiger partial charge in [0.25, 0.3) is 5.56 Å². The van der Waals surface area contributed by atoms with Crippen LogP contribution in [0, 0.1) is 10.2 Å². The van der Waals surface area contributed by atoms with E-state index in [9.17, 15) is 19.3 Å². The van der Waals surface area contributed by atoms with Crippen molar-refractivity contribution in [2.75, 3.05) is 13.2 Å². The average molecular weight is 477 g/mol. The first-order valence-corrected chi connectivity index (χ1v) is 11.7. The van der Waals surface area contributed by atoms with Crippen LogP contribution < -0.4 is 10.6 Å². The molecule has 0 saturated carbocycles. The van der Waals surface area contributed by atoms with Crippen LogP contribution in [0.2, 0.25) is 0 Å². The van der Waals surface area contributed by atoms with Gasteiger partial charge >= 0.3 is 13.7 Å². The Morgan fingerprint density at radius 3 is 2.84 bits per heavy atom. The Hall–Kier alpha value is -1.40. The van der Waals surface area contributed by atoms with Crippen molar-refractivity contribution in [3.8, 4) is 0 Å². The maximum Gasteiger partial charge on any atom is 0.406 e.